The van der Waals surface area contributed by atoms with Gasteiger partial charge >= 0.3 is 0 Å². The summed E-state index contributed by atoms with van der Waals surface area (Å²) in [6, 6.07) is 0. The van der Waals surface area contributed by atoms with Crippen LogP contribution in [0.1, 0.15) is 33.6 Å². The first-order chi connectivity index (χ1) is 6.49. The molecule has 1 fully saturated rings. The van der Waals surface area contributed by atoms with Crippen LogP contribution >= 0.6 is 24.0 Å². The largest absolute Gasteiger partial charge is 0.369 e. The van der Waals surface area contributed by atoms with Gasteiger partial charge in [-0.15, -0.1) is 11.8 Å². The predicted octanol–water partition coefficient (Wildman–Crippen LogP) is 3.78. The van der Waals surface area contributed by atoms with E-state index in [2.05, 4.69) is 25.7 Å². The van der Waals surface area contributed by atoms with Gasteiger partial charge in [-0.25, -0.2) is 0 Å². The summed E-state index contributed by atoms with van der Waals surface area (Å²) in [5.74, 6) is 0. The number of hydrogen-bond donors (Lipinski definition) is 0. The average molecular weight is 227 g/mol. The number of nitrogens with zero attached hydrogens (tertiary/aromatic N) is 1. The smallest absolute Gasteiger partial charge is 0.0780 e. The number of hydrogen-bond acceptors (Lipinski definition) is 3. The maximum Gasteiger partial charge on any atom is 0.0780 e. The number of thioether (sulfide) groups is 1. The summed E-state index contributed by atoms with van der Waals surface area (Å²) in [7, 11) is 0. The third-order valence-electron chi connectivity index (χ3n) is 2.40. The van der Waals surface area contributed by atoms with Crippen LogP contribution in [0.2, 0.25) is 0 Å². The quantitative estimate of drug-likeness (QED) is 0.559. The Kier molecular flexibility index (Phi) is 2.64. The Labute approximate surface area is 95.6 Å². The summed E-state index contributed by atoms with van der Waals surface area (Å²) in [4.78, 5) is 3.84. The molecule has 1 aromatic carbocycles. The molecule has 0 aliphatic carbocycles. The van der Waals surface area contributed by atoms with Crippen LogP contribution < -0.4 is 4.90 Å². The van der Waals surface area contributed by atoms with Gasteiger partial charge in [0.15, 0.2) is 0 Å². The third-order valence-corrected chi connectivity index (χ3v) is 4.15. The molecule has 14 heavy (non-hydrogen) atoms. The van der Waals surface area contributed by atoms with Crippen molar-refractivity contribution in [1.82, 2.24) is 0 Å². The van der Waals surface area contributed by atoms with Crippen LogP contribution in [0, 0.1) is 4.51 Å². The van der Waals surface area contributed by atoms with Crippen molar-refractivity contribution in [3.8, 4) is 0 Å². The molecule has 78 valence electrons. The van der Waals surface area contributed by atoms with Crippen molar-refractivity contribution in [1.29, 1.82) is 0 Å². The van der Waals surface area contributed by atoms with Gasteiger partial charge in [0.2, 0.25) is 0 Å². The Morgan fingerprint density at radius 3 is 2.29 bits per heavy atom. The highest BCUT2D eigenvalue weighted by atomic mass is 32.2. The summed E-state index contributed by atoms with van der Waals surface area (Å²) in [5, 5.41) is 0. The molecule has 0 atom stereocenters. The van der Waals surface area contributed by atoms with E-state index in [1.54, 1.807) is 0 Å². The Bertz CT molecular complexity index is 336. The molecular weight excluding hydrogens is 210 g/mol. The highest BCUT2D eigenvalue weighted by Crippen LogP contribution is 2.49. The van der Waals surface area contributed by atoms with Gasteiger partial charge in [-0.1, -0.05) is 33.0 Å². The third kappa shape index (κ3) is 2.14. The van der Waals surface area contributed by atoms with E-state index >= 15 is 0 Å². The topological polar surface area (TPSA) is 3.24 Å². The Morgan fingerprint density at radius 2 is 1.79 bits per heavy atom. The molecular formula is C11H17NS2. The van der Waals surface area contributed by atoms with Crippen LogP contribution in [0.4, 0.5) is 5.69 Å². The van der Waals surface area contributed by atoms with Crippen molar-refractivity contribution in [2.45, 2.75) is 43.3 Å². The van der Waals surface area contributed by atoms with Crippen LogP contribution in [0.25, 0.3) is 0 Å². The lowest BCUT2D eigenvalue weighted by molar-refractivity contribution is 0.804. The molecule has 0 saturated carbocycles. The molecule has 1 aliphatic heterocycles. The minimum absolute atomic E-state index is 0.293. The lowest BCUT2D eigenvalue weighted by Gasteiger charge is -2.16. The molecule has 1 nitrogen and oxygen atoms in total. The second kappa shape index (κ2) is 3.53. The maximum atomic E-state index is 5.36. The minimum Gasteiger partial charge on any atom is -0.369 e. The standard InChI is InChI=1S/C11H17NS2/c1-11(2,3)14-10-8(9(10)13)12-6-4-5-7-12/h4-7H2,1-3H3. The van der Waals surface area contributed by atoms with E-state index in [4.69, 9.17) is 12.2 Å². The fraction of sp³-hybridized carbons (Fsp3) is 0.727. The van der Waals surface area contributed by atoms with E-state index in [0.717, 1.165) is 4.51 Å². The number of rotatable bonds is 2. The van der Waals surface area contributed by atoms with Crippen LogP contribution in [-0.4, -0.2) is 17.8 Å². The van der Waals surface area contributed by atoms with Crippen molar-refractivity contribution < 1.29 is 0 Å². The lowest BCUT2D eigenvalue weighted by atomic mass is 10.3. The summed E-state index contributed by atoms with van der Waals surface area (Å²) in [5.41, 5.74) is 1.39. The summed E-state index contributed by atoms with van der Waals surface area (Å²) >= 11 is 7.28. The molecule has 0 bridgehead atoms. The zero-order chi connectivity index (χ0) is 10.3. The van der Waals surface area contributed by atoms with Crippen molar-refractivity contribution in [2.24, 2.45) is 0 Å². The summed E-state index contributed by atoms with van der Waals surface area (Å²) in [6.07, 6.45) is 2.67. The molecule has 0 amide bonds. The molecule has 0 aromatic heterocycles. The molecule has 0 unspecified atom stereocenters. The second-order valence-electron chi connectivity index (χ2n) is 4.92. The first-order valence-electron chi connectivity index (χ1n) is 5.22. The Balaban J connectivity index is 2.04. The van der Waals surface area contributed by atoms with Crippen molar-refractivity contribution >= 4 is 29.7 Å². The molecule has 0 radical (unpaired) electrons. The SMILES string of the molecule is CC(C)(C)Sc1c(N2CCCC2)c1=S. The van der Waals surface area contributed by atoms with E-state index in [-0.39, 0.29) is 0 Å². The van der Waals surface area contributed by atoms with Gasteiger partial charge in [-0.3, -0.25) is 0 Å². The first kappa shape index (κ1) is 10.5. The lowest BCUT2D eigenvalue weighted by Crippen LogP contribution is -2.15. The predicted molar refractivity (Wildman–Crippen MR) is 66.7 cm³/mol. The molecule has 1 aromatic rings. The molecule has 1 aliphatic rings. The van der Waals surface area contributed by atoms with E-state index in [1.807, 2.05) is 11.8 Å². The van der Waals surface area contributed by atoms with Crippen LogP contribution in [-0.2, 0) is 0 Å². The minimum atomic E-state index is 0.293. The monoisotopic (exact) mass is 227 g/mol. The molecule has 0 N–H and O–H groups in total. The molecule has 2 rings (SSSR count). The first-order valence-corrected chi connectivity index (χ1v) is 6.44. The fourth-order valence-corrected chi connectivity index (χ4v) is 3.32. The van der Waals surface area contributed by atoms with Gasteiger partial charge < -0.3 is 4.90 Å². The second-order valence-corrected chi connectivity index (χ2v) is 7.16. The Morgan fingerprint density at radius 1 is 1.21 bits per heavy atom. The average Bonchev–Trinajstić information content (AvgIpc) is 2.53. The highest BCUT2D eigenvalue weighted by Gasteiger charge is 2.29. The molecule has 1 heterocycles. The molecule has 0 spiro atoms. The van der Waals surface area contributed by atoms with Gasteiger partial charge in [0, 0.05) is 17.8 Å². The van der Waals surface area contributed by atoms with Gasteiger partial charge in [-0.2, -0.15) is 0 Å². The van der Waals surface area contributed by atoms with Gasteiger partial charge in [0.05, 0.1) is 15.1 Å². The zero-order valence-corrected chi connectivity index (χ0v) is 10.7. The van der Waals surface area contributed by atoms with Crippen LogP contribution in [0.5, 0.6) is 0 Å². The maximum absolute atomic E-state index is 5.36. The van der Waals surface area contributed by atoms with Crippen molar-refractivity contribution in [2.75, 3.05) is 18.0 Å². The Hall–Kier alpha value is -0.0200. The van der Waals surface area contributed by atoms with Gasteiger partial charge in [0.1, 0.15) is 0 Å². The summed E-state index contributed by atoms with van der Waals surface area (Å²) in [6.45, 7) is 9.15. The molecule has 3 heteroatoms. The van der Waals surface area contributed by atoms with Crippen molar-refractivity contribution in [3.63, 3.8) is 0 Å². The van der Waals surface area contributed by atoms with E-state index in [1.165, 1.54) is 36.5 Å². The zero-order valence-electron chi connectivity index (χ0n) is 9.09. The highest BCUT2D eigenvalue weighted by molar-refractivity contribution is 8.01. The van der Waals surface area contributed by atoms with Crippen molar-refractivity contribution in [3.05, 3.63) is 4.51 Å². The number of anilines is 1. The van der Waals surface area contributed by atoms with E-state index in [9.17, 15) is 0 Å². The van der Waals surface area contributed by atoms with Gasteiger partial charge in [0.25, 0.3) is 0 Å². The van der Waals surface area contributed by atoms with Crippen LogP contribution in [0.3, 0.4) is 0 Å². The van der Waals surface area contributed by atoms with E-state index < -0.39 is 0 Å². The normalized spacial score (nSPS) is 18.4. The van der Waals surface area contributed by atoms with Gasteiger partial charge in [-0.05, 0) is 12.8 Å². The fourth-order valence-electron chi connectivity index (χ4n) is 1.77. The van der Waals surface area contributed by atoms with Crippen LogP contribution in [0.15, 0.2) is 4.90 Å². The molecule has 1 saturated heterocycles. The summed E-state index contributed by atoms with van der Waals surface area (Å²) < 4.78 is 1.42. The van der Waals surface area contributed by atoms with E-state index in [0.29, 0.717) is 4.75 Å².